The van der Waals surface area contributed by atoms with Crippen molar-refractivity contribution >= 4 is 5.69 Å². The molecule has 0 unspecified atom stereocenters. The lowest BCUT2D eigenvalue weighted by Crippen LogP contribution is -2.56. The zero-order chi connectivity index (χ0) is 7.56. The summed E-state index contributed by atoms with van der Waals surface area (Å²) in [6.45, 7) is 4.13. The van der Waals surface area contributed by atoms with Crippen LogP contribution in [-0.4, -0.2) is 0 Å². The molecular formula is C8H13N2+. The van der Waals surface area contributed by atoms with Crippen LogP contribution in [0.3, 0.4) is 0 Å². The fourth-order valence-electron chi connectivity index (χ4n) is 0.926. The highest BCUT2D eigenvalue weighted by Crippen LogP contribution is 2.13. The van der Waals surface area contributed by atoms with E-state index in [0.717, 1.165) is 5.69 Å². The van der Waals surface area contributed by atoms with Crippen LogP contribution in [0.15, 0.2) is 18.2 Å². The van der Waals surface area contributed by atoms with Crippen molar-refractivity contribution in [1.29, 1.82) is 0 Å². The van der Waals surface area contributed by atoms with Gasteiger partial charge in [0, 0.05) is 0 Å². The molecule has 0 aliphatic heterocycles. The van der Waals surface area contributed by atoms with Gasteiger partial charge in [-0.15, -0.1) is 0 Å². The smallest absolute Gasteiger partial charge is 0.0879 e. The molecule has 10 heavy (non-hydrogen) atoms. The number of rotatable bonds is 1. The summed E-state index contributed by atoms with van der Waals surface area (Å²) < 4.78 is 0. The third-order valence-corrected chi connectivity index (χ3v) is 1.58. The number of hydrogen-bond acceptors (Lipinski definition) is 1. The maximum atomic E-state index is 3.61. The molecule has 1 aromatic rings. The first-order valence-corrected chi connectivity index (χ1v) is 3.34. The lowest BCUT2D eigenvalue weighted by atomic mass is 10.1. The minimum absolute atomic E-state index is 1.11. The Morgan fingerprint density at radius 3 is 2.50 bits per heavy atom. The molecule has 0 saturated carbocycles. The molecule has 0 fully saturated rings. The Hall–Kier alpha value is -1.02. The summed E-state index contributed by atoms with van der Waals surface area (Å²) in [5.41, 5.74) is 6.49. The van der Waals surface area contributed by atoms with Crippen LogP contribution in [0.1, 0.15) is 11.1 Å². The average molecular weight is 137 g/mol. The molecule has 0 aliphatic carbocycles. The van der Waals surface area contributed by atoms with E-state index in [0.29, 0.717) is 0 Å². The van der Waals surface area contributed by atoms with Gasteiger partial charge in [0.15, 0.2) is 0 Å². The third-order valence-electron chi connectivity index (χ3n) is 1.58. The molecule has 0 heterocycles. The second-order valence-electron chi connectivity index (χ2n) is 2.50. The van der Waals surface area contributed by atoms with E-state index in [1.165, 1.54) is 11.1 Å². The fraction of sp³-hybridized carbons (Fsp3) is 0.250. The maximum absolute atomic E-state index is 3.61. The van der Waals surface area contributed by atoms with Gasteiger partial charge in [-0.2, -0.15) is 0 Å². The van der Waals surface area contributed by atoms with Crippen LogP contribution >= 0.6 is 0 Å². The highest BCUT2D eigenvalue weighted by molar-refractivity contribution is 5.50. The van der Waals surface area contributed by atoms with E-state index in [9.17, 15) is 0 Å². The molecule has 0 aliphatic rings. The van der Waals surface area contributed by atoms with Crippen LogP contribution in [-0.2, 0) is 0 Å². The molecule has 0 atom stereocenters. The summed E-state index contributed by atoms with van der Waals surface area (Å²) in [5.74, 6) is 3.61. The Morgan fingerprint density at radius 1 is 1.30 bits per heavy atom. The Balaban J connectivity index is 3.09. The lowest BCUT2D eigenvalue weighted by molar-refractivity contribution is -0.325. The fourth-order valence-corrected chi connectivity index (χ4v) is 0.926. The summed E-state index contributed by atoms with van der Waals surface area (Å²) in [6.07, 6.45) is 0. The number of hydrogen-bond donors (Lipinski definition) is 2. The first-order chi connectivity index (χ1) is 4.74. The summed E-state index contributed by atoms with van der Waals surface area (Å²) in [6, 6.07) is 6.27. The summed E-state index contributed by atoms with van der Waals surface area (Å²) in [7, 11) is 0. The second kappa shape index (κ2) is 2.71. The number of aryl methyl sites for hydroxylation is 2. The number of quaternary nitrogens is 1. The Kier molecular flexibility index (Phi) is 1.92. The van der Waals surface area contributed by atoms with E-state index in [1.54, 1.807) is 0 Å². The molecule has 0 radical (unpaired) electrons. The van der Waals surface area contributed by atoms with E-state index in [4.69, 9.17) is 0 Å². The van der Waals surface area contributed by atoms with Gasteiger partial charge in [0.2, 0.25) is 0 Å². The van der Waals surface area contributed by atoms with Crippen molar-refractivity contribution in [3.8, 4) is 0 Å². The van der Waals surface area contributed by atoms with Gasteiger partial charge in [-0.3, -0.25) is 5.84 Å². The monoisotopic (exact) mass is 137 g/mol. The Morgan fingerprint density at radius 2 is 2.00 bits per heavy atom. The van der Waals surface area contributed by atoms with Crippen LogP contribution in [0.2, 0.25) is 0 Å². The molecule has 0 amide bonds. The second-order valence-corrected chi connectivity index (χ2v) is 2.50. The molecule has 0 bridgehead atoms. The molecule has 1 aromatic carbocycles. The van der Waals surface area contributed by atoms with E-state index in [1.807, 2.05) is 0 Å². The van der Waals surface area contributed by atoms with Crippen LogP contribution in [0.5, 0.6) is 0 Å². The van der Waals surface area contributed by atoms with Crippen molar-refractivity contribution in [2.45, 2.75) is 13.8 Å². The van der Waals surface area contributed by atoms with E-state index >= 15 is 0 Å². The van der Waals surface area contributed by atoms with Gasteiger partial charge in [-0.05, 0) is 31.0 Å². The Labute approximate surface area is 61.0 Å². The molecule has 2 nitrogen and oxygen atoms in total. The van der Waals surface area contributed by atoms with Gasteiger partial charge in [0.1, 0.15) is 0 Å². The molecular weight excluding hydrogens is 124 g/mol. The van der Waals surface area contributed by atoms with E-state index in [-0.39, 0.29) is 0 Å². The first kappa shape index (κ1) is 7.09. The lowest BCUT2D eigenvalue weighted by Gasteiger charge is -2.01. The topological polar surface area (TPSA) is 39.7 Å². The SMILES string of the molecule is Cc1ccc(C)c(N[NH3+])c1. The average Bonchev–Trinajstić information content (AvgIpc) is 1.94. The summed E-state index contributed by atoms with van der Waals surface area (Å²) >= 11 is 0. The molecule has 1 rings (SSSR count). The van der Waals surface area contributed by atoms with Crippen molar-refractivity contribution in [2.24, 2.45) is 0 Å². The minimum Gasteiger partial charge on any atom is -0.258 e. The van der Waals surface area contributed by atoms with Gasteiger partial charge in [0.25, 0.3) is 0 Å². The normalized spacial score (nSPS) is 9.50. The largest absolute Gasteiger partial charge is 0.258 e. The zero-order valence-electron chi connectivity index (χ0n) is 6.44. The molecule has 2 heteroatoms. The van der Waals surface area contributed by atoms with Gasteiger partial charge < -0.3 is 0 Å². The molecule has 0 spiro atoms. The third kappa shape index (κ3) is 1.28. The summed E-state index contributed by atoms with van der Waals surface area (Å²) in [5, 5.41) is 0. The van der Waals surface area contributed by atoms with E-state index in [2.05, 4.69) is 43.3 Å². The predicted octanol–water partition coefficient (Wildman–Crippen LogP) is 0.872. The van der Waals surface area contributed by atoms with E-state index < -0.39 is 0 Å². The molecule has 4 N–H and O–H groups in total. The standard InChI is InChI=1S/C8H12N2/c1-6-3-4-7(2)8(5-6)10-9/h3-5,10H,9H2,1-2H3/p+1. The Bertz CT molecular complexity index is 231. The molecule has 0 aromatic heterocycles. The predicted molar refractivity (Wildman–Crippen MR) is 42.4 cm³/mol. The number of nitrogens with one attached hydrogen (secondary N) is 1. The number of benzene rings is 1. The highest BCUT2D eigenvalue weighted by atomic mass is 15.2. The highest BCUT2D eigenvalue weighted by Gasteiger charge is 1.94. The van der Waals surface area contributed by atoms with Crippen molar-refractivity contribution in [3.63, 3.8) is 0 Å². The van der Waals surface area contributed by atoms with Crippen LogP contribution in [0.4, 0.5) is 5.69 Å². The number of anilines is 1. The van der Waals surface area contributed by atoms with Crippen LogP contribution < -0.4 is 11.3 Å². The molecule has 54 valence electrons. The van der Waals surface area contributed by atoms with Crippen molar-refractivity contribution < 1.29 is 5.84 Å². The van der Waals surface area contributed by atoms with Crippen LogP contribution in [0, 0.1) is 13.8 Å². The quantitative estimate of drug-likeness (QED) is 0.554. The van der Waals surface area contributed by atoms with Gasteiger partial charge >= 0.3 is 0 Å². The van der Waals surface area contributed by atoms with Gasteiger partial charge in [-0.25, -0.2) is 5.43 Å². The maximum Gasteiger partial charge on any atom is 0.0879 e. The zero-order valence-corrected chi connectivity index (χ0v) is 6.44. The van der Waals surface area contributed by atoms with Crippen molar-refractivity contribution in [3.05, 3.63) is 29.3 Å². The van der Waals surface area contributed by atoms with Gasteiger partial charge in [-0.1, -0.05) is 12.1 Å². The minimum atomic E-state index is 1.11. The molecule has 0 saturated heterocycles. The van der Waals surface area contributed by atoms with Gasteiger partial charge in [0.05, 0.1) is 5.69 Å². The van der Waals surface area contributed by atoms with Crippen LogP contribution in [0.25, 0.3) is 0 Å². The van der Waals surface area contributed by atoms with Crippen molar-refractivity contribution in [1.82, 2.24) is 0 Å². The van der Waals surface area contributed by atoms with Crippen molar-refractivity contribution in [2.75, 3.05) is 5.43 Å². The summed E-state index contributed by atoms with van der Waals surface area (Å²) in [4.78, 5) is 0. The first-order valence-electron chi connectivity index (χ1n) is 3.34.